The van der Waals surface area contributed by atoms with Crippen LogP contribution in [0, 0.1) is 11.6 Å². The predicted molar refractivity (Wildman–Crippen MR) is 114 cm³/mol. The van der Waals surface area contributed by atoms with Gasteiger partial charge in [0.2, 0.25) is 0 Å². The first kappa shape index (κ1) is 21.0. The molecule has 0 aliphatic carbocycles. The molecule has 6 heteroatoms. The Morgan fingerprint density at radius 1 is 0.968 bits per heavy atom. The van der Waals surface area contributed by atoms with E-state index in [1.807, 2.05) is 30.3 Å². The van der Waals surface area contributed by atoms with Crippen LogP contribution in [0.15, 0.2) is 78.9 Å². The van der Waals surface area contributed by atoms with Gasteiger partial charge in [-0.3, -0.25) is 4.90 Å². The van der Waals surface area contributed by atoms with Gasteiger partial charge in [0.15, 0.2) is 6.10 Å². The lowest BCUT2D eigenvalue weighted by Crippen LogP contribution is -2.42. The molecule has 1 unspecified atom stereocenters. The van der Waals surface area contributed by atoms with Gasteiger partial charge in [0.05, 0.1) is 0 Å². The molecule has 3 aromatic rings. The van der Waals surface area contributed by atoms with Crippen LogP contribution in [0.2, 0.25) is 0 Å². The number of nitrogens with one attached hydrogen (secondary N) is 1. The summed E-state index contributed by atoms with van der Waals surface area (Å²) in [5, 5.41) is 3.28. The first-order valence-electron chi connectivity index (χ1n) is 10.3. The van der Waals surface area contributed by atoms with E-state index < -0.39 is 23.8 Å². The summed E-state index contributed by atoms with van der Waals surface area (Å²) < 4.78 is 33.7. The third-order valence-corrected chi connectivity index (χ3v) is 5.43. The van der Waals surface area contributed by atoms with E-state index in [0.717, 1.165) is 18.5 Å². The summed E-state index contributed by atoms with van der Waals surface area (Å²) in [5.41, 5.74) is 1.88. The van der Waals surface area contributed by atoms with Gasteiger partial charge in [-0.05, 0) is 53.9 Å². The molecule has 31 heavy (non-hydrogen) atoms. The highest BCUT2D eigenvalue weighted by Gasteiger charge is 2.30. The summed E-state index contributed by atoms with van der Waals surface area (Å²) >= 11 is 0. The van der Waals surface area contributed by atoms with E-state index in [2.05, 4.69) is 5.32 Å². The van der Waals surface area contributed by atoms with Gasteiger partial charge in [0.1, 0.15) is 11.6 Å². The number of carbonyl (C=O) groups is 1. The number of benzene rings is 3. The van der Waals surface area contributed by atoms with Crippen molar-refractivity contribution in [3.63, 3.8) is 0 Å². The molecule has 1 fully saturated rings. The first-order chi connectivity index (χ1) is 15.1. The van der Waals surface area contributed by atoms with Crippen molar-refractivity contribution in [1.29, 1.82) is 0 Å². The fourth-order valence-electron chi connectivity index (χ4n) is 3.86. The van der Waals surface area contributed by atoms with Crippen LogP contribution in [0.5, 0.6) is 0 Å². The maximum Gasteiger partial charge on any atom is 0.411 e. The predicted octanol–water partition coefficient (Wildman–Crippen LogP) is 5.05. The van der Waals surface area contributed by atoms with Crippen molar-refractivity contribution < 1.29 is 18.3 Å². The van der Waals surface area contributed by atoms with Crippen LogP contribution in [0.1, 0.15) is 29.2 Å². The molecule has 3 aromatic carbocycles. The van der Waals surface area contributed by atoms with Gasteiger partial charge in [-0.2, -0.15) is 0 Å². The molecule has 1 heterocycles. The zero-order chi connectivity index (χ0) is 21.6. The lowest BCUT2D eigenvalue weighted by atomic mass is 10.0. The summed E-state index contributed by atoms with van der Waals surface area (Å²) in [6, 6.07) is 21.4. The van der Waals surface area contributed by atoms with Gasteiger partial charge >= 0.3 is 6.09 Å². The van der Waals surface area contributed by atoms with Gasteiger partial charge < -0.3 is 10.1 Å². The zero-order valence-electron chi connectivity index (χ0n) is 17.0. The summed E-state index contributed by atoms with van der Waals surface area (Å²) in [6.45, 7) is 1.89. The SMILES string of the molecule is O=C(OC(c1cccc(F)c1)c1cccc(F)c1)N(Cc1ccccc1)C1CCNC1. The minimum atomic E-state index is -0.925. The van der Waals surface area contributed by atoms with E-state index in [4.69, 9.17) is 4.74 Å². The Kier molecular flexibility index (Phi) is 6.57. The molecule has 0 spiro atoms. The van der Waals surface area contributed by atoms with Crippen LogP contribution in [0.4, 0.5) is 13.6 Å². The molecule has 4 rings (SSSR count). The monoisotopic (exact) mass is 422 g/mol. The second-order valence-electron chi connectivity index (χ2n) is 7.63. The largest absolute Gasteiger partial charge is 0.436 e. The quantitative estimate of drug-likeness (QED) is 0.604. The summed E-state index contributed by atoms with van der Waals surface area (Å²) in [6.07, 6.45) is -0.630. The van der Waals surface area contributed by atoms with Gasteiger partial charge in [-0.15, -0.1) is 0 Å². The number of nitrogens with zero attached hydrogens (tertiary/aromatic N) is 1. The Labute approximate surface area is 180 Å². The fourth-order valence-corrected chi connectivity index (χ4v) is 3.86. The third kappa shape index (κ3) is 5.27. The molecule has 0 aromatic heterocycles. The topological polar surface area (TPSA) is 41.6 Å². The number of amides is 1. The molecule has 0 bridgehead atoms. The van der Waals surface area contributed by atoms with E-state index in [1.54, 1.807) is 29.2 Å². The average molecular weight is 422 g/mol. The van der Waals surface area contributed by atoms with E-state index in [9.17, 15) is 13.6 Å². The summed E-state index contributed by atoms with van der Waals surface area (Å²) in [4.78, 5) is 15.0. The van der Waals surface area contributed by atoms with Crippen LogP contribution in [0.3, 0.4) is 0 Å². The second-order valence-corrected chi connectivity index (χ2v) is 7.63. The van der Waals surface area contributed by atoms with E-state index in [1.165, 1.54) is 24.3 Å². The van der Waals surface area contributed by atoms with E-state index >= 15 is 0 Å². The van der Waals surface area contributed by atoms with Crippen molar-refractivity contribution >= 4 is 6.09 Å². The Morgan fingerprint density at radius 2 is 1.61 bits per heavy atom. The second kappa shape index (κ2) is 9.71. The molecular weight excluding hydrogens is 398 g/mol. The number of hydrogen-bond acceptors (Lipinski definition) is 3. The minimum absolute atomic E-state index is 0.0200. The number of ether oxygens (including phenoxy) is 1. The highest BCUT2D eigenvalue weighted by atomic mass is 19.1. The van der Waals surface area contributed by atoms with Gasteiger partial charge in [0.25, 0.3) is 0 Å². The van der Waals surface area contributed by atoms with Crippen LogP contribution in [-0.4, -0.2) is 30.1 Å². The maximum absolute atomic E-state index is 13.9. The van der Waals surface area contributed by atoms with Crippen molar-refractivity contribution in [3.05, 3.63) is 107 Å². The highest BCUT2D eigenvalue weighted by Crippen LogP contribution is 2.29. The third-order valence-electron chi connectivity index (χ3n) is 5.43. The lowest BCUT2D eigenvalue weighted by Gasteiger charge is -2.30. The standard InChI is InChI=1S/C25H24F2N2O2/c26-21-10-4-8-19(14-21)24(20-9-5-11-22(27)15-20)31-25(30)29(23-12-13-28-16-23)17-18-6-2-1-3-7-18/h1-11,14-15,23-24,28H,12-13,16-17H2. The molecule has 1 aliphatic rings. The number of carbonyl (C=O) groups excluding carboxylic acids is 1. The smallest absolute Gasteiger partial charge is 0.411 e. The normalized spacial score (nSPS) is 15.8. The first-order valence-corrected chi connectivity index (χ1v) is 10.3. The molecule has 1 saturated heterocycles. The molecule has 4 nitrogen and oxygen atoms in total. The van der Waals surface area contributed by atoms with E-state index in [-0.39, 0.29) is 6.04 Å². The molecule has 0 saturated carbocycles. The zero-order valence-corrected chi connectivity index (χ0v) is 17.0. The summed E-state index contributed by atoms with van der Waals surface area (Å²) in [7, 11) is 0. The maximum atomic E-state index is 13.9. The van der Waals surface area contributed by atoms with Crippen molar-refractivity contribution in [2.75, 3.05) is 13.1 Å². The molecule has 1 N–H and O–H groups in total. The van der Waals surface area contributed by atoms with Crippen LogP contribution in [-0.2, 0) is 11.3 Å². The van der Waals surface area contributed by atoms with Gasteiger partial charge in [-0.1, -0.05) is 54.6 Å². The van der Waals surface area contributed by atoms with Crippen LogP contribution < -0.4 is 5.32 Å². The Balaban J connectivity index is 1.64. The lowest BCUT2D eigenvalue weighted by molar-refractivity contribution is 0.0629. The number of halogens is 2. The minimum Gasteiger partial charge on any atom is -0.436 e. The average Bonchev–Trinajstić information content (AvgIpc) is 3.31. The molecular formula is C25H24F2N2O2. The molecule has 160 valence electrons. The van der Waals surface area contributed by atoms with E-state index in [0.29, 0.717) is 24.2 Å². The molecule has 1 aliphatic heterocycles. The van der Waals surface area contributed by atoms with Crippen molar-refractivity contribution in [2.45, 2.75) is 25.1 Å². The molecule has 0 radical (unpaired) electrons. The molecule has 1 atom stereocenters. The highest BCUT2D eigenvalue weighted by molar-refractivity contribution is 5.69. The van der Waals surface area contributed by atoms with Gasteiger partial charge in [0, 0.05) is 19.1 Å². The van der Waals surface area contributed by atoms with Crippen LogP contribution in [0.25, 0.3) is 0 Å². The Morgan fingerprint density at radius 3 is 2.16 bits per heavy atom. The molecule has 1 amide bonds. The number of rotatable bonds is 6. The summed E-state index contributed by atoms with van der Waals surface area (Å²) in [5.74, 6) is -0.896. The number of hydrogen-bond donors (Lipinski definition) is 1. The van der Waals surface area contributed by atoms with Crippen molar-refractivity contribution in [2.24, 2.45) is 0 Å². The van der Waals surface area contributed by atoms with Gasteiger partial charge in [-0.25, -0.2) is 13.6 Å². The van der Waals surface area contributed by atoms with Crippen molar-refractivity contribution in [1.82, 2.24) is 10.2 Å². The Bertz CT molecular complexity index is 977. The van der Waals surface area contributed by atoms with Crippen LogP contribution >= 0.6 is 0 Å². The fraction of sp³-hybridized carbons (Fsp3) is 0.240. The van der Waals surface area contributed by atoms with Crippen molar-refractivity contribution in [3.8, 4) is 0 Å². The Hall–Kier alpha value is -3.25.